The largest absolute Gasteiger partial charge is 0.345 e. The van der Waals surface area contributed by atoms with Gasteiger partial charge in [-0.3, -0.25) is 14.6 Å². The third-order valence-electron chi connectivity index (χ3n) is 3.18. The summed E-state index contributed by atoms with van der Waals surface area (Å²) in [5.41, 5.74) is 0.695. The van der Waals surface area contributed by atoms with Crippen LogP contribution in [0.5, 0.6) is 0 Å². The molecule has 23 heavy (non-hydrogen) atoms. The molecule has 0 fully saturated rings. The van der Waals surface area contributed by atoms with Crippen molar-refractivity contribution >= 4 is 11.7 Å². The number of nitrogens with zero attached hydrogens (tertiary/aromatic N) is 1. The van der Waals surface area contributed by atoms with Crippen molar-refractivity contribution in [1.29, 1.82) is 0 Å². The van der Waals surface area contributed by atoms with Gasteiger partial charge in [0.15, 0.2) is 0 Å². The number of aromatic nitrogens is 1. The van der Waals surface area contributed by atoms with Crippen LogP contribution < -0.4 is 5.32 Å². The van der Waals surface area contributed by atoms with Gasteiger partial charge in [0.25, 0.3) is 5.91 Å². The molecule has 0 aliphatic carbocycles. The third kappa shape index (κ3) is 5.73. The van der Waals surface area contributed by atoms with Crippen LogP contribution in [-0.2, 0) is 24.8 Å². The molecule has 0 spiro atoms. The van der Waals surface area contributed by atoms with Crippen molar-refractivity contribution < 1.29 is 19.1 Å². The van der Waals surface area contributed by atoms with Crippen molar-refractivity contribution in [2.45, 2.75) is 39.9 Å². The van der Waals surface area contributed by atoms with Crippen molar-refractivity contribution in [3.05, 3.63) is 30.1 Å². The molecule has 0 saturated carbocycles. The number of carbonyl (C=O) groups excluding carboxylic acids is 2. The lowest BCUT2D eigenvalue weighted by atomic mass is 10.1. The Hall–Kier alpha value is -1.79. The maximum atomic E-state index is 12.0. The first-order chi connectivity index (χ1) is 10.9. The number of ether oxygens (including phenoxy) is 2. The number of carbonyl (C=O) groups is 2. The van der Waals surface area contributed by atoms with Gasteiger partial charge in [-0.2, -0.15) is 0 Å². The molecule has 0 atom stereocenters. The summed E-state index contributed by atoms with van der Waals surface area (Å²) in [7, 11) is 0. The van der Waals surface area contributed by atoms with Gasteiger partial charge in [0.05, 0.1) is 6.54 Å². The number of Topliss-reactive ketones (excluding diaryl/α,β-unsaturated/α-hetero) is 1. The van der Waals surface area contributed by atoms with Crippen LogP contribution in [0.2, 0.25) is 0 Å². The summed E-state index contributed by atoms with van der Waals surface area (Å²) >= 11 is 0. The molecule has 0 unspecified atom stereocenters. The number of ketones is 1. The second-order valence-corrected chi connectivity index (χ2v) is 5.56. The summed E-state index contributed by atoms with van der Waals surface area (Å²) in [6.07, 6.45) is 3.50. The minimum absolute atomic E-state index is 0.0447. The number of rotatable bonds is 10. The van der Waals surface area contributed by atoms with Crippen LogP contribution in [-0.4, -0.2) is 36.4 Å². The van der Waals surface area contributed by atoms with Gasteiger partial charge in [-0.15, -0.1) is 0 Å². The zero-order chi connectivity index (χ0) is 17.3. The van der Waals surface area contributed by atoms with Gasteiger partial charge in [-0.1, -0.05) is 19.9 Å². The first kappa shape index (κ1) is 19.3. The van der Waals surface area contributed by atoms with Crippen molar-refractivity contribution in [2.75, 3.05) is 19.8 Å². The van der Waals surface area contributed by atoms with Gasteiger partial charge in [0.2, 0.25) is 11.6 Å². The van der Waals surface area contributed by atoms with E-state index >= 15 is 0 Å². The molecular weight excluding hydrogens is 296 g/mol. The maximum Gasteiger partial charge on any atom is 0.287 e. The van der Waals surface area contributed by atoms with E-state index in [4.69, 9.17) is 9.47 Å². The molecule has 0 radical (unpaired) electrons. The fourth-order valence-corrected chi connectivity index (χ4v) is 2.23. The molecule has 1 aromatic rings. The molecule has 1 aromatic heterocycles. The Balaban J connectivity index is 2.89. The number of nitrogens with one attached hydrogen (secondary N) is 1. The van der Waals surface area contributed by atoms with Gasteiger partial charge in [0.1, 0.15) is 0 Å². The predicted octanol–water partition coefficient (Wildman–Crippen LogP) is 2.04. The molecule has 1 N–H and O–H groups in total. The standard InChI is InChI=1S/C17H26N2O4/c1-5-22-17(23-6-2,14-8-7-9-18-11-14)12-19-16(21)15(20)10-13(3)4/h7-9,11,13H,5-6,10,12H2,1-4H3,(H,19,21). The Kier molecular flexibility index (Phi) is 7.85. The number of hydrogen-bond acceptors (Lipinski definition) is 5. The van der Waals surface area contributed by atoms with Crippen molar-refractivity contribution in [2.24, 2.45) is 5.92 Å². The lowest BCUT2D eigenvalue weighted by Gasteiger charge is -2.33. The highest BCUT2D eigenvalue weighted by atomic mass is 16.7. The molecule has 0 aliphatic rings. The van der Waals surface area contributed by atoms with Crippen LogP contribution in [0.3, 0.4) is 0 Å². The van der Waals surface area contributed by atoms with Crippen LogP contribution in [0.1, 0.15) is 39.7 Å². The molecule has 128 valence electrons. The van der Waals surface area contributed by atoms with Gasteiger partial charge in [-0.25, -0.2) is 0 Å². The quantitative estimate of drug-likeness (QED) is 0.527. The van der Waals surface area contributed by atoms with E-state index in [-0.39, 0.29) is 18.9 Å². The molecule has 1 heterocycles. The highest BCUT2D eigenvalue weighted by Gasteiger charge is 2.35. The zero-order valence-corrected chi connectivity index (χ0v) is 14.3. The topological polar surface area (TPSA) is 77.5 Å². The summed E-state index contributed by atoms with van der Waals surface area (Å²) in [6, 6.07) is 3.59. The number of pyridine rings is 1. The average Bonchev–Trinajstić information content (AvgIpc) is 2.53. The predicted molar refractivity (Wildman–Crippen MR) is 86.6 cm³/mol. The van der Waals surface area contributed by atoms with E-state index in [2.05, 4.69) is 10.3 Å². The van der Waals surface area contributed by atoms with Gasteiger partial charge < -0.3 is 14.8 Å². The lowest BCUT2D eigenvalue weighted by Crippen LogP contribution is -2.47. The van der Waals surface area contributed by atoms with Crippen LogP contribution in [0.4, 0.5) is 0 Å². The lowest BCUT2D eigenvalue weighted by molar-refractivity contribution is -0.239. The van der Waals surface area contributed by atoms with Gasteiger partial charge in [0, 0.05) is 37.6 Å². The van der Waals surface area contributed by atoms with E-state index in [1.54, 1.807) is 18.5 Å². The SMILES string of the molecule is CCOC(CNC(=O)C(=O)CC(C)C)(OCC)c1cccnc1. The molecule has 1 amide bonds. The van der Waals surface area contributed by atoms with Crippen LogP contribution in [0, 0.1) is 5.92 Å². The third-order valence-corrected chi connectivity index (χ3v) is 3.18. The summed E-state index contributed by atoms with van der Waals surface area (Å²) in [4.78, 5) is 27.9. The van der Waals surface area contributed by atoms with Crippen molar-refractivity contribution in [3.8, 4) is 0 Å². The van der Waals surface area contributed by atoms with E-state index in [0.717, 1.165) is 0 Å². The zero-order valence-electron chi connectivity index (χ0n) is 14.3. The average molecular weight is 322 g/mol. The van der Waals surface area contributed by atoms with E-state index in [9.17, 15) is 9.59 Å². The van der Waals surface area contributed by atoms with Crippen LogP contribution in [0.15, 0.2) is 24.5 Å². The molecule has 1 rings (SSSR count). The van der Waals surface area contributed by atoms with Crippen LogP contribution >= 0.6 is 0 Å². The molecule has 6 heteroatoms. The summed E-state index contributed by atoms with van der Waals surface area (Å²) in [6.45, 7) is 8.31. The molecule has 6 nitrogen and oxygen atoms in total. The van der Waals surface area contributed by atoms with Crippen molar-refractivity contribution in [1.82, 2.24) is 10.3 Å². The monoisotopic (exact) mass is 322 g/mol. The summed E-state index contributed by atoms with van der Waals surface area (Å²) < 4.78 is 11.6. The van der Waals surface area contributed by atoms with E-state index in [0.29, 0.717) is 18.8 Å². The summed E-state index contributed by atoms with van der Waals surface area (Å²) in [5, 5.41) is 2.63. The molecule has 0 saturated heterocycles. The first-order valence-corrected chi connectivity index (χ1v) is 7.94. The van der Waals surface area contributed by atoms with E-state index in [1.807, 2.05) is 33.8 Å². The Morgan fingerprint density at radius 2 is 1.91 bits per heavy atom. The number of hydrogen-bond donors (Lipinski definition) is 1. The van der Waals surface area contributed by atoms with E-state index < -0.39 is 17.5 Å². The minimum Gasteiger partial charge on any atom is -0.345 e. The Labute approximate surface area is 137 Å². The highest BCUT2D eigenvalue weighted by molar-refractivity contribution is 6.36. The highest BCUT2D eigenvalue weighted by Crippen LogP contribution is 2.26. The van der Waals surface area contributed by atoms with Crippen LogP contribution in [0.25, 0.3) is 0 Å². The molecule has 0 aliphatic heterocycles. The second kappa shape index (κ2) is 9.37. The van der Waals surface area contributed by atoms with Crippen molar-refractivity contribution in [3.63, 3.8) is 0 Å². The van der Waals surface area contributed by atoms with Gasteiger partial charge in [-0.05, 0) is 25.8 Å². The second-order valence-electron chi connectivity index (χ2n) is 5.56. The number of amides is 1. The maximum absolute atomic E-state index is 12.0. The smallest absolute Gasteiger partial charge is 0.287 e. The fraction of sp³-hybridized carbons (Fsp3) is 0.588. The fourth-order valence-electron chi connectivity index (χ4n) is 2.23. The minimum atomic E-state index is -1.15. The van der Waals surface area contributed by atoms with E-state index in [1.165, 1.54) is 0 Å². The summed E-state index contributed by atoms with van der Waals surface area (Å²) in [5.74, 6) is -2.07. The Morgan fingerprint density at radius 3 is 2.39 bits per heavy atom. The first-order valence-electron chi connectivity index (χ1n) is 7.94. The van der Waals surface area contributed by atoms with Gasteiger partial charge >= 0.3 is 0 Å². The Bertz CT molecular complexity index is 497. The normalized spacial score (nSPS) is 11.5. The molecule has 0 aromatic carbocycles. The Morgan fingerprint density at radius 1 is 1.26 bits per heavy atom. The molecular formula is C17H26N2O4. The molecule has 0 bridgehead atoms.